The van der Waals surface area contributed by atoms with Crippen LogP contribution in [0.3, 0.4) is 0 Å². The maximum absolute atomic E-state index is 11.9. The molecule has 6 nitrogen and oxygen atoms in total. The number of nitrogen functional groups attached to an aromatic ring is 1. The largest absolute Gasteiger partial charge is 0.398 e. The number of hydrogen-bond acceptors (Lipinski definition) is 4. The van der Waals surface area contributed by atoms with E-state index in [9.17, 15) is 4.79 Å². The molecular weight excluding hydrogens is 230 g/mol. The summed E-state index contributed by atoms with van der Waals surface area (Å²) in [5.74, 6) is -0.236. The van der Waals surface area contributed by atoms with Crippen LogP contribution in [0.15, 0.2) is 18.5 Å². The van der Waals surface area contributed by atoms with E-state index < -0.39 is 0 Å². The monoisotopic (exact) mass is 245 g/mol. The molecule has 0 atom stereocenters. The number of nitrogens with zero attached hydrogens (tertiary/aromatic N) is 2. The molecule has 0 saturated heterocycles. The van der Waals surface area contributed by atoms with E-state index in [1.54, 1.807) is 12.3 Å². The minimum atomic E-state index is -0.236. The molecule has 1 amide bonds. The van der Waals surface area contributed by atoms with Crippen molar-refractivity contribution in [3.05, 3.63) is 41.0 Å². The fraction of sp³-hybridized carbons (Fsp3) is 0.250. The molecule has 6 heteroatoms. The molecule has 2 heterocycles. The Bertz CT molecular complexity index is 576. The maximum Gasteiger partial charge on any atom is 0.255 e. The molecule has 0 fully saturated rings. The first-order valence-corrected chi connectivity index (χ1v) is 5.57. The van der Waals surface area contributed by atoms with Crippen molar-refractivity contribution in [1.29, 1.82) is 0 Å². The summed E-state index contributed by atoms with van der Waals surface area (Å²) < 4.78 is 0. The van der Waals surface area contributed by atoms with Gasteiger partial charge in [0.1, 0.15) is 0 Å². The molecule has 0 aliphatic carbocycles. The van der Waals surface area contributed by atoms with Crippen LogP contribution in [0, 0.1) is 13.8 Å². The number of amides is 1. The van der Waals surface area contributed by atoms with Gasteiger partial charge in [0.2, 0.25) is 0 Å². The average molecular weight is 245 g/mol. The second kappa shape index (κ2) is 4.87. The quantitative estimate of drug-likeness (QED) is 0.749. The van der Waals surface area contributed by atoms with Crippen LogP contribution in [-0.4, -0.2) is 21.1 Å². The molecule has 0 saturated carbocycles. The molecule has 4 N–H and O–H groups in total. The highest BCUT2D eigenvalue weighted by Gasteiger charge is 2.10. The Hall–Kier alpha value is -2.37. The van der Waals surface area contributed by atoms with Gasteiger partial charge < -0.3 is 11.1 Å². The molecule has 0 aliphatic heterocycles. The van der Waals surface area contributed by atoms with Gasteiger partial charge in [-0.05, 0) is 19.9 Å². The first-order valence-electron chi connectivity index (χ1n) is 5.57. The summed E-state index contributed by atoms with van der Waals surface area (Å²) in [6.45, 7) is 4.14. The third kappa shape index (κ3) is 2.48. The van der Waals surface area contributed by atoms with E-state index in [-0.39, 0.29) is 5.91 Å². The molecule has 2 aromatic heterocycles. The van der Waals surface area contributed by atoms with Crippen molar-refractivity contribution in [2.75, 3.05) is 5.73 Å². The van der Waals surface area contributed by atoms with Crippen molar-refractivity contribution >= 4 is 11.6 Å². The van der Waals surface area contributed by atoms with Gasteiger partial charge in [-0.15, -0.1) is 0 Å². The minimum absolute atomic E-state index is 0.236. The van der Waals surface area contributed by atoms with Crippen molar-refractivity contribution in [3.8, 4) is 0 Å². The zero-order valence-electron chi connectivity index (χ0n) is 10.3. The summed E-state index contributed by atoms with van der Waals surface area (Å²) in [6, 6.07) is 1.68. The minimum Gasteiger partial charge on any atom is -0.398 e. The van der Waals surface area contributed by atoms with Crippen molar-refractivity contribution in [1.82, 2.24) is 20.5 Å². The van der Waals surface area contributed by atoms with Gasteiger partial charge in [-0.25, -0.2) is 0 Å². The van der Waals surface area contributed by atoms with E-state index in [4.69, 9.17) is 5.73 Å². The standard InChI is InChI=1S/C12H15N5O/c1-7-3-11(13)10(6-14-7)12(18)15-4-9-5-16-17-8(9)2/h3,5-6H,4H2,1-2H3,(H2,13,14)(H,15,18)(H,16,17). The topological polar surface area (TPSA) is 96.7 Å². The van der Waals surface area contributed by atoms with Gasteiger partial charge in [-0.1, -0.05) is 0 Å². The SMILES string of the molecule is Cc1cc(N)c(C(=O)NCc2cn[nH]c2C)cn1. The van der Waals surface area contributed by atoms with E-state index >= 15 is 0 Å². The third-order valence-corrected chi connectivity index (χ3v) is 2.69. The highest BCUT2D eigenvalue weighted by Crippen LogP contribution is 2.11. The average Bonchev–Trinajstić information content (AvgIpc) is 2.72. The lowest BCUT2D eigenvalue weighted by molar-refractivity contribution is 0.0951. The Kier molecular flexibility index (Phi) is 3.27. The predicted molar refractivity (Wildman–Crippen MR) is 67.9 cm³/mol. The van der Waals surface area contributed by atoms with Crippen molar-refractivity contribution in [3.63, 3.8) is 0 Å². The Morgan fingerprint density at radius 1 is 1.44 bits per heavy atom. The van der Waals surface area contributed by atoms with Gasteiger partial charge in [0, 0.05) is 35.4 Å². The van der Waals surface area contributed by atoms with Crippen LogP contribution in [0.1, 0.15) is 27.3 Å². The van der Waals surface area contributed by atoms with E-state index in [0.717, 1.165) is 17.0 Å². The molecule has 2 rings (SSSR count). The number of H-pyrrole nitrogens is 1. The van der Waals surface area contributed by atoms with Crippen LogP contribution < -0.4 is 11.1 Å². The zero-order chi connectivity index (χ0) is 13.1. The number of pyridine rings is 1. The van der Waals surface area contributed by atoms with Gasteiger partial charge in [-0.3, -0.25) is 14.9 Å². The summed E-state index contributed by atoms with van der Waals surface area (Å²) in [4.78, 5) is 16.0. The number of aromatic nitrogens is 3. The maximum atomic E-state index is 11.9. The lowest BCUT2D eigenvalue weighted by Gasteiger charge is -2.07. The van der Waals surface area contributed by atoms with Crippen LogP contribution >= 0.6 is 0 Å². The number of carbonyl (C=O) groups excluding carboxylic acids is 1. The zero-order valence-corrected chi connectivity index (χ0v) is 10.3. The van der Waals surface area contributed by atoms with Crippen LogP contribution in [0.2, 0.25) is 0 Å². The molecule has 0 unspecified atom stereocenters. The first-order chi connectivity index (χ1) is 8.58. The number of nitrogens with one attached hydrogen (secondary N) is 2. The molecule has 18 heavy (non-hydrogen) atoms. The van der Waals surface area contributed by atoms with Crippen LogP contribution in [0.4, 0.5) is 5.69 Å². The van der Waals surface area contributed by atoms with Crippen molar-refractivity contribution < 1.29 is 4.79 Å². The van der Waals surface area contributed by atoms with Crippen LogP contribution in [0.5, 0.6) is 0 Å². The molecule has 2 aromatic rings. The Morgan fingerprint density at radius 2 is 2.22 bits per heavy atom. The summed E-state index contributed by atoms with van der Waals surface area (Å²) in [7, 11) is 0. The number of aromatic amines is 1. The second-order valence-corrected chi connectivity index (χ2v) is 4.12. The van der Waals surface area contributed by atoms with Gasteiger partial charge >= 0.3 is 0 Å². The fourth-order valence-corrected chi connectivity index (χ4v) is 1.60. The number of carbonyl (C=O) groups is 1. The van der Waals surface area contributed by atoms with Crippen LogP contribution in [-0.2, 0) is 6.54 Å². The number of hydrogen-bond donors (Lipinski definition) is 3. The van der Waals surface area contributed by atoms with E-state index in [1.807, 2.05) is 13.8 Å². The molecule has 0 spiro atoms. The third-order valence-electron chi connectivity index (χ3n) is 2.69. The summed E-state index contributed by atoms with van der Waals surface area (Å²) in [5, 5.41) is 9.48. The molecule has 94 valence electrons. The number of aryl methyl sites for hydroxylation is 2. The molecule has 0 aromatic carbocycles. The Balaban J connectivity index is 2.06. The van der Waals surface area contributed by atoms with Crippen LogP contribution in [0.25, 0.3) is 0 Å². The van der Waals surface area contributed by atoms with E-state index in [1.165, 1.54) is 6.20 Å². The molecular formula is C12H15N5O. The summed E-state index contributed by atoms with van der Waals surface area (Å²) in [5.41, 5.74) is 9.28. The van der Waals surface area contributed by atoms with Gasteiger partial charge in [0.05, 0.1) is 11.8 Å². The number of anilines is 1. The molecule has 0 aliphatic rings. The fourth-order valence-electron chi connectivity index (χ4n) is 1.60. The summed E-state index contributed by atoms with van der Waals surface area (Å²) in [6.07, 6.45) is 3.18. The predicted octanol–water partition coefficient (Wildman–Crippen LogP) is 0.934. The Morgan fingerprint density at radius 3 is 2.83 bits per heavy atom. The lowest BCUT2D eigenvalue weighted by Crippen LogP contribution is -2.24. The molecule has 0 bridgehead atoms. The first kappa shape index (κ1) is 12.1. The number of nitrogens with two attached hydrogens (primary N) is 1. The second-order valence-electron chi connectivity index (χ2n) is 4.12. The van der Waals surface area contributed by atoms with Gasteiger partial charge in [0.15, 0.2) is 0 Å². The smallest absolute Gasteiger partial charge is 0.255 e. The summed E-state index contributed by atoms with van der Waals surface area (Å²) >= 11 is 0. The highest BCUT2D eigenvalue weighted by atomic mass is 16.1. The van der Waals surface area contributed by atoms with Crippen molar-refractivity contribution in [2.24, 2.45) is 0 Å². The molecule has 0 radical (unpaired) electrons. The highest BCUT2D eigenvalue weighted by molar-refractivity contribution is 5.98. The van der Waals surface area contributed by atoms with Gasteiger partial charge in [0.25, 0.3) is 5.91 Å². The normalized spacial score (nSPS) is 10.3. The Labute approximate surface area is 105 Å². The van der Waals surface area contributed by atoms with E-state index in [0.29, 0.717) is 17.8 Å². The number of rotatable bonds is 3. The van der Waals surface area contributed by atoms with E-state index in [2.05, 4.69) is 20.5 Å². The lowest BCUT2D eigenvalue weighted by atomic mass is 10.2. The van der Waals surface area contributed by atoms with Gasteiger partial charge in [-0.2, -0.15) is 5.10 Å². The van der Waals surface area contributed by atoms with Crippen molar-refractivity contribution in [2.45, 2.75) is 20.4 Å².